The lowest BCUT2D eigenvalue weighted by Crippen LogP contribution is -2.16. The molecular weight excluding hydrogens is 316 g/mol. The van der Waals surface area contributed by atoms with Crippen LogP contribution in [-0.2, 0) is 9.53 Å². The van der Waals surface area contributed by atoms with Gasteiger partial charge in [0.25, 0.3) is 0 Å². The molecule has 0 bridgehead atoms. The molecule has 0 fully saturated rings. The summed E-state index contributed by atoms with van der Waals surface area (Å²) >= 11 is 6.04. The number of carbonyl (C=O) groups is 1. The van der Waals surface area contributed by atoms with Crippen molar-refractivity contribution in [2.75, 3.05) is 19.0 Å². The summed E-state index contributed by atoms with van der Waals surface area (Å²) in [5.41, 5.74) is 2.45. The van der Waals surface area contributed by atoms with Crippen molar-refractivity contribution in [2.45, 2.75) is 6.92 Å². The number of H-pyrrole nitrogens is 1. The Morgan fingerprint density at radius 1 is 1.35 bits per heavy atom. The van der Waals surface area contributed by atoms with Crippen molar-refractivity contribution < 1.29 is 9.53 Å². The highest BCUT2D eigenvalue weighted by Gasteiger charge is 2.13. The highest BCUT2D eigenvalue weighted by Crippen LogP contribution is 2.26. The lowest BCUT2D eigenvalue weighted by Gasteiger charge is -2.08. The summed E-state index contributed by atoms with van der Waals surface area (Å²) in [5.74, 6) is 0.724. The van der Waals surface area contributed by atoms with E-state index in [0.717, 1.165) is 16.6 Å². The van der Waals surface area contributed by atoms with Crippen molar-refractivity contribution in [2.24, 2.45) is 0 Å². The number of hydrogen-bond donors (Lipinski definition) is 2. The van der Waals surface area contributed by atoms with Crippen molar-refractivity contribution >= 4 is 34.4 Å². The van der Waals surface area contributed by atoms with Crippen LogP contribution in [0.25, 0.3) is 22.4 Å². The Morgan fingerprint density at radius 3 is 2.91 bits per heavy atom. The minimum Gasteiger partial charge on any atom is -0.468 e. The quantitative estimate of drug-likeness (QED) is 0.718. The van der Waals surface area contributed by atoms with Gasteiger partial charge in [0.15, 0.2) is 5.82 Å². The van der Waals surface area contributed by atoms with Gasteiger partial charge in [-0.15, -0.1) is 0 Å². The van der Waals surface area contributed by atoms with Crippen LogP contribution in [0.15, 0.2) is 30.3 Å². The van der Waals surface area contributed by atoms with Crippen LogP contribution in [0.2, 0.25) is 5.02 Å². The molecule has 1 aromatic carbocycles. The van der Waals surface area contributed by atoms with E-state index in [4.69, 9.17) is 11.6 Å². The number of halogens is 1. The maximum atomic E-state index is 11.4. The summed E-state index contributed by atoms with van der Waals surface area (Å²) < 4.78 is 4.65. The zero-order valence-corrected chi connectivity index (χ0v) is 13.4. The van der Waals surface area contributed by atoms with Gasteiger partial charge in [-0.05, 0) is 25.1 Å². The molecule has 0 amide bonds. The van der Waals surface area contributed by atoms with Crippen molar-refractivity contribution in [1.29, 1.82) is 0 Å². The first kappa shape index (κ1) is 15.3. The lowest BCUT2D eigenvalue weighted by molar-refractivity contribution is -0.138. The molecule has 0 aliphatic heterocycles. The van der Waals surface area contributed by atoms with Gasteiger partial charge in [0.05, 0.1) is 12.5 Å². The van der Waals surface area contributed by atoms with Gasteiger partial charge in [-0.3, -0.25) is 4.79 Å². The number of benzene rings is 1. The molecule has 0 aliphatic carbocycles. The van der Waals surface area contributed by atoms with Crippen molar-refractivity contribution in [3.05, 3.63) is 41.0 Å². The molecule has 0 atom stereocenters. The number of aromatic amines is 1. The summed E-state index contributed by atoms with van der Waals surface area (Å²) in [6.45, 7) is 1.96. The van der Waals surface area contributed by atoms with E-state index >= 15 is 0 Å². The number of aromatic nitrogens is 3. The minimum absolute atomic E-state index is 0.0296. The molecule has 118 valence electrons. The van der Waals surface area contributed by atoms with E-state index in [1.165, 1.54) is 7.11 Å². The predicted molar refractivity (Wildman–Crippen MR) is 89.6 cm³/mol. The number of carbonyl (C=O) groups excluding carboxylic acids is 1. The SMILES string of the molecule is COC(=O)CNc1nc(-c2cccc(Cl)c2)nc2[nH]c(C)cc12. The zero-order chi connectivity index (χ0) is 16.4. The molecule has 0 aliphatic rings. The lowest BCUT2D eigenvalue weighted by atomic mass is 10.2. The molecule has 6 nitrogen and oxygen atoms in total. The Hall–Kier alpha value is -2.60. The van der Waals surface area contributed by atoms with Gasteiger partial charge in [0.1, 0.15) is 18.0 Å². The van der Waals surface area contributed by atoms with E-state index in [9.17, 15) is 4.79 Å². The number of esters is 1. The van der Waals surface area contributed by atoms with Crippen molar-refractivity contribution in [3.63, 3.8) is 0 Å². The Bertz CT molecular complexity index is 876. The second kappa shape index (κ2) is 6.26. The van der Waals surface area contributed by atoms with Gasteiger partial charge < -0.3 is 15.0 Å². The van der Waals surface area contributed by atoms with Gasteiger partial charge >= 0.3 is 5.97 Å². The average Bonchev–Trinajstić information content (AvgIpc) is 2.92. The van der Waals surface area contributed by atoms with Crippen molar-refractivity contribution in [1.82, 2.24) is 15.0 Å². The summed E-state index contributed by atoms with van der Waals surface area (Å²) in [7, 11) is 1.34. The molecule has 7 heteroatoms. The first-order valence-electron chi connectivity index (χ1n) is 7.01. The Labute approximate surface area is 137 Å². The molecular formula is C16H15ClN4O2. The monoisotopic (exact) mass is 330 g/mol. The highest BCUT2D eigenvalue weighted by molar-refractivity contribution is 6.30. The standard InChI is InChI=1S/C16H15ClN4O2/c1-9-6-12-15(18-8-13(22)23-2)20-14(21-16(12)19-9)10-4-3-5-11(17)7-10/h3-7H,8H2,1-2H3,(H2,18,19,20,21). The zero-order valence-electron chi connectivity index (χ0n) is 12.7. The fourth-order valence-electron chi connectivity index (χ4n) is 2.26. The largest absolute Gasteiger partial charge is 0.468 e. The number of rotatable bonds is 4. The normalized spacial score (nSPS) is 10.7. The number of aryl methyl sites for hydroxylation is 1. The van der Waals surface area contributed by atoms with Crippen LogP contribution >= 0.6 is 11.6 Å². The molecule has 0 unspecified atom stereocenters. The molecule has 3 aromatic rings. The summed E-state index contributed by atoms with van der Waals surface area (Å²) in [5, 5.41) is 4.42. The van der Waals surface area contributed by atoms with Crippen LogP contribution in [0.1, 0.15) is 5.69 Å². The molecule has 0 spiro atoms. The molecule has 3 rings (SSSR count). The van der Waals surface area contributed by atoms with Gasteiger partial charge in [-0.1, -0.05) is 23.7 Å². The summed E-state index contributed by atoms with van der Waals surface area (Å²) in [6.07, 6.45) is 0. The van der Waals surface area contributed by atoms with E-state index in [1.54, 1.807) is 12.1 Å². The maximum Gasteiger partial charge on any atom is 0.325 e. The first-order chi connectivity index (χ1) is 11.1. The van der Waals surface area contributed by atoms with E-state index in [2.05, 4.69) is 25.0 Å². The van der Waals surface area contributed by atoms with Gasteiger partial charge in [0.2, 0.25) is 0 Å². The summed E-state index contributed by atoms with van der Waals surface area (Å²) in [4.78, 5) is 23.6. The van der Waals surface area contributed by atoms with E-state index in [0.29, 0.717) is 22.3 Å². The van der Waals surface area contributed by atoms with Gasteiger partial charge in [-0.2, -0.15) is 0 Å². The molecule has 2 heterocycles. The van der Waals surface area contributed by atoms with Crippen LogP contribution in [0.3, 0.4) is 0 Å². The number of methoxy groups -OCH3 is 1. The second-order valence-corrected chi connectivity index (χ2v) is 5.49. The molecule has 2 N–H and O–H groups in total. The number of fused-ring (bicyclic) bond motifs is 1. The first-order valence-corrected chi connectivity index (χ1v) is 7.38. The predicted octanol–water partition coefficient (Wildman–Crippen LogP) is 3.17. The van der Waals surface area contributed by atoms with Gasteiger partial charge in [-0.25, -0.2) is 9.97 Å². The molecule has 2 aromatic heterocycles. The number of anilines is 1. The molecule has 0 radical (unpaired) electrons. The van der Waals surface area contributed by atoms with Crippen LogP contribution in [0, 0.1) is 6.92 Å². The number of nitrogens with one attached hydrogen (secondary N) is 2. The van der Waals surface area contributed by atoms with E-state index in [1.807, 2.05) is 25.1 Å². The molecule has 23 heavy (non-hydrogen) atoms. The highest BCUT2D eigenvalue weighted by atomic mass is 35.5. The maximum absolute atomic E-state index is 11.4. The average molecular weight is 331 g/mol. The second-order valence-electron chi connectivity index (χ2n) is 5.05. The van der Waals surface area contributed by atoms with E-state index in [-0.39, 0.29) is 12.5 Å². The number of hydrogen-bond acceptors (Lipinski definition) is 5. The molecule has 0 saturated heterocycles. The topological polar surface area (TPSA) is 79.9 Å². The third-order valence-corrected chi connectivity index (χ3v) is 3.57. The third kappa shape index (κ3) is 3.27. The minimum atomic E-state index is -0.367. The van der Waals surface area contributed by atoms with Gasteiger partial charge in [0, 0.05) is 16.3 Å². The smallest absolute Gasteiger partial charge is 0.325 e. The Kier molecular flexibility index (Phi) is 4.16. The van der Waals surface area contributed by atoms with Crippen molar-refractivity contribution in [3.8, 4) is 11.4 Å². The van der Waals surface area contributed by atoms with Crippen LogP contribution in [0.5, 0.6) is 0 Å². The molecule has 0 saturated carbocycles. The fourth-order valence-corrected chi connectivity index (χ4v) is 2.45. The van der Waals surface area contributed by atoms with Crippen LogP contribution in [-0.4, -0.2) is 34.6 Å². The number of ether oxygens (including phenoxy) is 1. The fraction of sp³-hybridized carbons (Fsp3) is 0.188. The summed E-state index contributed by atoms with van der Waals surface area (Å²) in [6, 6.07) is 9.23. The Balaban J connectivity index is 2.07. The van der Waals surface area contributed by atoms with Crippen LogP contribution < -0.4 is 5.32 Å². The third-order valence-electron chi connectivity index (χ3n) is 3.33. The Morgan fingerprint density at radius 2 is 2.17 bits per heavy atom. The number of nitrogens with zero attached hydrogens (tertiary/aromatic N) is 2. The van der Waals surface area contributed by atoms with E-state index < -0.39 is 0 Å². The van der Waals surface area contributed by atoms with Crippen LogP contribution in [0.4, 0.5) is 5.82 Å².